The largest absolute Gasteiger partial charge is 0.673 e. The number of rotatable bonds is 2. The number of hydrogen-bond donors (Lipinski definition) is 0. The molecule has 0 saturated heterocycles. The number of nitrogens with zero attached hydrogens (tertiary/aromatic N) is 1. The van der Waals surface area contributed by atoms with Crippen LogP contribution in [0.5, 0.6) is 0 Å². The van der Waals surface area contributed by atoms with Gasteiger partial charge in [-0.05, 0) is 26.0 Å². The first-order valence-electron chi connectivity index (χ1n) is 6.73. The van der Waals surface area contributed by atoms with Gasteiger partial charge in [0.15, 0.2) is 6.21 Å². The van der Waals surface area contributed by atoms with Crippen LogP contribution in [-0.2, 0) is 0 Å². The van der Waals surface area contributed by atoms with Crippen molar-refractivity contribution in [3.63, 3.8) is 0 Å². The van der Waals surface area contributed by atoms with Gasteiger partial charge in [-0.1, -0.05) is 35.4 Å². The first kappa shape index (κ1) is 17.9. The predicted molar refractivity (Wildman–Crippen MR) is 83.6 cm³/mol. The fourth-order valence-electron chi connectivity index (χ4n) is 1.73. The molecule has 1 nitrogen and oxygen atoms in total. The minimum atomic E-state index is -6.00. The number of aryl methyl sites for hydroxylation is 2. The van der Waals surface area contributed by atoms with E-state index < -0.39 is 7.25 Å². The SMILES string of the molecule is Cc1ccc(C=[N+](C)c2ccc(C)cc2)cc1.F[B-](F)(F)F. The lowest BCUT2D eigenvalue weighted by Gasteiger charge is -1.98. The Balaban J connectivity index is 0.000000422. The molecule has 0 unspecified atom stereocenters. The van der Waals surface area contributed by atoms with Crippen LogP contribution in [0.3, 0.4) is 0 Å². The molecule has 0 bridgehead atoms. The molecule has 0 fully saturated rings. The molecule has 0 N–H and O–H groups in total. The highest BCUT2D eigenvalue weighted by molar-refractivity contribution is 6.50. The number of hydrogen-bond acceptors (Lipinski definition) is 0. The van der Waals surface area contributed by atoms with Crippen molar-refractivity contribution in [2.45, 2.75) is 13.8 Å². The van der Waals surface area contributed by atoms with Crippen molar-refractivity contribution in [1.29, 1.82) is 0 Å². The molecule has 22 heavy (non-hydrogen) atoms. The topological polar surface area (TPSA) is 3.01 Å². The first-order chi connectivity index (χ1) is 10.1. The summed E-state index contributed by atoms with van der Waals surface area (Å²) in [7, 11) is -3.93. The molecule has 0 atom stereocenters. The van der Waals surface area contributed by atoms with Gasteiger partial charge in [0.2, 0.25) is 5.69 Å². The van der Waals surface area contributed by atoms with Gasteiger partial charge >= 0.3 is 7.25 Å². The van der Waals surface area contributed by atoms with Crippen molar-refractivity contribution in [2.75, 3.05) is 7.05 Å². The third-order valence-corrected chi connectivity index (χ3v) is 2.86. The van der Waals surface area contributed by atoms with E-state index in [1.54, 1.807) is 0 Å². The minimum Gasteiger partial charge on any atom is -0.418 e. The van der Waals surface area contributed by atoms with E-state index in [9.17, 15) is 17.3 Å². The molecule has 0 heterocycles. The first-order valence-corrected chi connectivity index (χ1v) is 6.73. The van der Waals surface area contributed by atoms with Crippen molar-refractivity contribution < 1.29 is 21.8 Å². The maximum Gasteiger partial charge on any atom is 0.673 e. The third kappa shape index (κ3) is 7.62. The van der Waals surface area contributed by atoms with Crippen LogP contribution in [-0.4, -0.2) is 25.1 Å². The summed E-state index contributed by atoms with van der Waals surface area (Å²) < 4.78 is 41.1. The Morgan fingerprint density at radius 1 is 0.773 bits per heavy atom. The van der Waals surface area contributed by atoms with Crippen LogP contribution in [0.15, 0.2) is 48.5 Å². The van der Waals surface area contributed by atoms with Gasteiger partial charge in [0, 0.05) is 17.7 Å². The highest BCUT2D eigenvalue weighted by Crippen LogP contribution is 2.11. The van der Waals surface area contributed by atoms with Gasteiger partial charge in [0.05, 0.1) is 0 Å². The number of halogens is 4. The molecular weight excluding hydrogens is 293 g/mol. The Kier molecular flexibility index (Phi) is 6.34. The van der Waals surface area contributed by atoms with Crippen molar-refractivity contribution >= 4 is 19.2 Å². The van der Waals surface area contributed by atoms with Crippen LogP contribution in [0.2, 0.25) is 0 Å². The Hall–Kier alpha value is -2.11. The van der Waals surface area contributed by atoms with E-state index in [2.05, 4.69) is 80.2 Å². The summed E-state index contributed by atoms with van der Waals surface area (Å²) >= 11 is 0. The summed E-state index contributed by atoms with van der Waals surface area (Å²) in [5, 5.41) is 0. The summed E-state index contributed by atoms with van der Waals surface area (Å²) in [5.41, 5.74) is 5.01. The van der Waals surface area contributed by atoms with E-state index in [4.69, 9.17) is 0 Å². The van der Waals surface area contributed by atoms with Crippen LogP contribution >= 0.6 is 0 Å². The Bertz CT molecular complexity index is 610. The molecule has 0 aliphatic rings. The van der Waals surface area contributed by atoms with E-state index >= 15 is 0 Å². The van der Waals surface area contributed by atoms with Crippen molar-refractivity contribution in [2.24, 2.45) is 0 Å². The standard InChI is InChI=1S/C16H18N.BF4/c1-13-4-8-15(9-5-13)12-17(3)16-10-6-14(2)7-11-16;2-1(3,4)5/h4-12H,1-3H3;/q+1;-1. The average Bonchev–Trinajstić information content (AvgIpc) is 2.40. The molecule has 0 aliphatic carbocycles. The van der Waals surface area contributed by atoms with Crippen LogP contribution in [0.25, 0.3) is 0 Å². The van der Waals surface area contributed by atoms with E-state index in [0.717, 1.165) is 0 Å². The Morgan fingerprint density at radius 2 is 1.14 bits per heavy atom. The normalized spacial score (nSPS) is 11.7. The summed E-state index contributed by atoms with van der Waals surface area (Å²) in [6.45, 7) is 4.21. The van der Waals surface area contributed by atoms with E-state index in [-0.39, 0.29) is 0 Å². The fraction of sp³-hybridized carbons (Fsp3) is 0.188. The van der Waals surface area contributed by atoms with Crippen LogP contribution in [0.1, 0.15) is 16.7 Å². The third-order valence-electron chi connectivity index (χ3n) is 2.86. The molecule has 0 aromatic heterocycles. The van der Waals surface area contributed by atoms with Gasteiger partial charge in [0.25, 0.3) is 0 Å². The summed E-state index contributed by atoms with van der Waals surface area (Å²) in [6.07, 6.45) is 2.14. The molecule has 2 rings (SSSR count). The lowest BCUT2D eigenvalue weighted by atomic mass is 10.1. The maximum absolute atomic E-state index is 9.75. The van der Waals surface area contributed by atoms with E-state index in [1.807, 2.05) is 0 Å². The van der Waals surface area contributed by atoms with E-state index in [1.165, 1.54) is 22.4 Å². The zero-order chi connectivity index (χ0) is 16.8. The molecule has 118 valence electrons. The van der Waals surface area contributed by atoms with Crippen molar-refractivity contribution in [3.8, 4) is 0 Å². The van der Waals surface area contributed by atoms with Crippen LogP contribution < -0.4 is 0 Å². The smallest absolute Gasteiger partial charge is 0.418 e. The highest BCUT2D eigenvalue weighted by atomic mass is 19.5. The monoisotopic (exact) mass is 311 g/mol. The summed E-state index contributed by atoms with van der Waals surface area (Å²) in [5.74, 6) is 0. The number of benzene rings is 2. The molecule has 2 aromatic rings. The summed E-state index contributed by atoms with van der Waals surface area (Å²) in [4.78, 5) is 0. The second-order valence-electron chi connectivity index (χ2n) is 4.98. The molecule has 0 aliphatic heterocycles. The zero-order valence-electron chi connectivity index (χ0n) is 12.7. The van der Waals surface area contributed by atoms with Gasteiger partial charge < -0.3 is 17.3 Å². The summed E-state index contributed by atoms with van der Waals surface area (Å²) in [6, 6.07) is 17.1. The molecule has 0 spiro atoms. The Labute approximate surface area is 128 Å². The van der Waals surface area contributed by atoms with Gasteiger partial charge in [0.1, 0.15) is 7.05 Å². The predicted octanol–water partition coefficient (Wildman–Crippen LogP) is 5.00. The van der Waals surface area contributed by atoms with Crippen molar-refractivity contribution in [1.82, 2.24) is 0 Å². The second-order valence-corrected chi connectivity index (χ2v) is 4.98. The average molecular weight is 311 g/mol. The second kappa shape index (κ2) is 7.78. The zero-order valence-corrected chi connectivity index (χ0v) is 12.7. The van der Waals surface area contributed by atoms with Crippen LogP contribution in [0.4, 0.5) is 23.0 Å². The Morgan fingerprint density at radius 3 is 1.55 bits per heavy atom. The van der Waals surface area contributed by atoms with Crippen LogP contribution in [0, 0.1) is 13.8 Å². The van der Waals surface area contributed by atoms with Gasteiger partial charge in [-0.3, -0.25) is 0 Å². The maximum atomic E-state index is 9.75. The van der Waals surface area contributed by atoms with Gasteiger partial charge in [-0.25, -0.2) is 4.58 Å². The molecule has 2 aromatic carbocycles. The minimum absolute atomic E-state index is 1.20. The lowest BCUT2D eigenvalue weighted by molar-refractivity contribution is -0.399. The lowest BCUT2D eigenvalue weighted by Crippen LogP contribution is -2.02. The van der Waals surface area contributed by atoms with E-state index in [0.29, 0.717) is 0 Å². The van der Waals surface area contributed by atoms with Gasteiger partial charge in [-0.2, -0.15) is 0 Å². The highest BCUT2D eigenvalue weighted by Gasteiger charge is 2.20. The quantitative estimate of drug-likeness (QED) is 0.318. The fourth-order valence-corrected chi connectivity index (χ4v) is 1.73. The van der Waals surface area contributed by atoms with Crippen molar-refractivity contribution in [3.05, 3.63) is 65.2 Å². The molecule has 0 saturated carbocycles. The molecule has 0 amide bonds. The molecule has 0 radical (unpaired) electrons. The molecule has 6 heteroatoms. The molecular formula is C16H18BF4N. The van der Waals surface area contributed by atoms with Gasteiger partial charge in [-0.15, -0.1) is 0 Å².